The van der Waals surface area contributed by atoms with E-state index in [1.165, 1.54) is 0 Å². The number of nitrogens with zero attached hydrogens (tertiary/aromatic N) is 2. The number of amides is 2. The molecule has 9 heteroatoms. The monoisotopic (exact) mass is 448 g/mol. The van der Waals surface area contributed by atoms with Crippen LogP contribution in [0.2, 0.25) is 0 Å². The molecule has 2 aromatic rings. The Kier molecular flexibility index (Phi) is 7.87. The number of piperazine rings is 1. The number of carbonyl (C=O) groups is 2. The number of hydrogen-bond acceptors (Lipinski definition) is 4. The second-order valence-corrected chi connectivity index (χ2v) is 7.89. The summed E-state index contributed by atoms with van der Waals surface area (Å²) in [6.07, 6.45) is -4.47. The lowest BCUT2D eigenvalue weighted by Gasteiger charge is -2.35. The van der Waals surface area contributed by atoms with Gasteiger partial charge >= 0.3 is 6.18 Å². The molecule has 0 radical (unpaired) electrons. The molecule has 1 fully saturated rings. The molecule has 1 aliphatic heterocycles. The molecule has 0 spiro atoms. The van der Waals surface area contributed by atoms with Crippen LogP contribution in [0.25, 0.3) is 0 Å². The molecule has 2 aromatic carbocycles. The quantitative estimate of drug-likeness (QED) is 0.684. The van der Waals surface area contributed by atoms with Crippen LogP contribution < -0.4 is 10.6 Å². The van der Waals surface area contributed by atoms with Gasteiger partial charge in [0.05, 0.1) is 18.2 Å². The van der Waals surface area contributed by atoms with Gasteiger partial charge in [-0.15, -0.1) is 0 Å². The number of alkyl halides is 3. The fourth-order valence-corrected chi connectivity index (χ4v) is 3.53. The molecule has 0 aliphatic carbocycles. The van der Waals surface area contributed by atoms with Gasteiger partial charge in [-0.1, -0.05) is 30.3 Å². The predicted octanol–water partition coefficient (Wildman–Crippen LogP) is 2.54. The molecule has 3 rings (SSSR count). The van der Waals surface area contributed by atoms with Crippen LogP contribution in [0, 0.1) is 0 Å². The molecule has 1 unspecified atom stereocenters. The van der Waals surface area contributed by atoms with Gasteiger partial charge < -0.3 is 15.5 Å². The first-order valence-electron chi connectivity index (χ1n) is 10.4. The first-order chi connectivity index (χ1) is 15.2. The third kappa shape index (κ3) is 6.80. The summed E-state index contributed by atoms with van der Waals surface area (Å²) in [6, 6.07) is 13.2. The Bertz CT molecular complexity index is 896. The summed E-state index contributed by atoms with van der Waals surface area (Å²) < 4.78 is 38.0. The standard InChI is InChI=1S/C23H27F3N4O2/c1-29-11-13-30(14-12-29)16-20(17-5-3-2-4-6-17)28-21(31)15-27-22(32)18-7-9-19(10-8-18)23(24,25)26/h2-10,20H,11-16H2,1H3,(H,27,32)(H,28,31). The van der Waals surface area contributed by atoms with Crippen molar-refractivity contribution in [2.75, 3.05) is 46.3 Å². The maximum Gasteiger partial charge on any atom is 0.416 e. The summed E-state index contributed by atoms with van der Waals surface area (Å²) in [4.78, 5) is 29.3. The van der Waals surface area contributed by atoms with Crippen LogP contribution in [0.15, 0.2) is 54.6 Å². The van der Waals surface area contributed by atoms with E-state index in [9.17, 15) is 22.8 Å². The molecule has 1 saturated heterocycles. The third-order valence-corrected chi connectivity index (χ3v) is 5.46. The Morgan fingerprint density at radius 2 is 1.59 bits per heavy atom. The van der Waals surface area contributed by atoms with E-state index in [1.807, 2.05) is 30.3 Å². The zero-order chi connectivity index (χ0) is 23.1. The van der Waals surface area contributed by atoms with Crippen LogP contribution in [-0.2, 0) is 11.0 Å². The van der Waals surface area contributed by atoms with Crippen LogP contribution in [-0.4, -0.2) is 67.9 Å². The molecule has 0 aromatic heterocycles. The summed E-state index contributed by atoms with van der Waals surface area (Å²) in [5, 5.41) is 5.44. The smallest absolute Gasteiger partial charge is 0.346 e. The summed E-state index contributed by atoms with van der Waals surface area (Å²) in [5.41, 5.74) is 0.193. The van der Waals surface area contributed by atoms with Crippen LogP contribution in [0.4, 0.5) is 13.2 Å². The van der Waals surface area contributed by atoms with E-state index >= 15 is 0 Å². The van der Waals surface area contributed by atoms with E-state index in [-0.39, 0.29) is 24.1 Å². The first kappa shape index (κ1) is 23.7. The highest BCUT2D eigenvalue weighted by molar-refractivity contribution is 5.96. The lowest BCUT2D eigenvalue weighted by Crippen LogP contribution is -2.48. The SMILES string of the molecule is CN1CCN(CC(NC(=O)CNC(=O)c2ccc(C(F)(F)F)cc2)c2ccccc2)CC1. The predicted molar refractivity (Wildman–Crippen MR) is 115 cm³/mol. The number of benzene rings is 2. The van der Waals surface area contributed by atoms with Crippen molar-refractivity contribution in [3.05, 3.63) is 71.3 Å². The fourth-order valence-electron chi connectivity index (χ4n) is 3.53. The van der Waals surface area contributed by atoms with Crippen molar-refractivity contribution >= 4 is 11.8 Å². The van der Waals surface area contributed by atoms with Crippen LogP contribution in [0.5, 0.6) is 0 Å². The lowest BCUT2D eigenvalue weighted by atomic mass is 10.1. The summed E-state index contributed by atoms with van der Waals surface area (Å²) >= 11 is 0. The first-order valence-corrected chi connectivity index (χ1v) is 10.4. The van der Waals surface area contributed by atoms with Crippen molar-refractivity contribution in [1.82, 2.24) is 20.4 Å². The van der Waals surface area contributed by atoms with Gasteiger partial charge in [0.15, 0.2) is 0 Å². The second-order valence-electron chi connectivity index (χ2n) is 7.89. The van der Waals surface area contributed by atoms with E-state index in [4.69, 9.17) is 0 Å². The molecule has 1 aliphatic rings. The Hall–Kier alpha value is -2.91. The number of rotatable bonds is 7. The van der Waals surface area contributed by atoms with E-state index in [1.54, 1.807) is 0 Å². The van der Waals surface area contributed by atoms with Gasteiger partial charge in [-0.3, -0.25) is 14.5 Å². The van der Waals surface area contributed by atoms with Crippen LogP contribution >= 0.6 is 0 Å². The maximum atomic E-state index is 12.7. The molecule has 2 amide bonds. The van der Waals surface area contributed by atoms with Crippen molar-refractivity contribution in [1.29, 1.82) is 0 Å². The molecule has 6 nitrogen and oxygen atoms in total. The Morgan fingerprint density at radius 1 is 0.969 bits per heavy atom. The maximum absolute atomic E-state index is 12.7. The lowest BCUT2D eigenvalue weighted by molar-refractivity contribution is -0.137. The average molecular weight is 448 g/mol. The normalized spacial score (nSPS) is 16.4. The zero-order valence-corrected chi connectivity index (χ0v) is 17.9. The minimum absolute atomic E-state index is 0.0582. The summed E-state index contributed by atoms with van der Waals surface area (Å²) in [5.74, 6) is -0.975. The molecular weight excluding hydrogens is 421 g/mol. The van der Waals surface area contributed by atoms with Crippen LogP contribution in [0.1, 0.15) is 27.5 Å². The minimum atomic E-state index is -4.47. The topological polar surface area (TPSA) is 64.7 Å². The van der Waals surface area contributed by atoms with Gasteiger partial charge in [0.1, 0.15) is 0 Å². The number of carbonyl (C=O) groups excluding carboxylic acids is 2. The Morgan fingerprint density at radius 3 is 2.19 bits per heavy atom. The molecule has 2 N–H and O–H groups in total. The molecule has 1 atom stereocenters. The minimum Gasteiger partial charge on any atom is -0.346 e. The number of nitrogens with one attached hydrogen (secondary N) is 2. The van der Waals surface area contributed by atoms with Crippen molar-refractivity contribution in [2.45, 2.75) is 12.2 Å². The highest BCUT2D eigenvalue weighted by Crippen LogP contribution is 2.29. The average Bonchev–Trinajstić information content (AvgIpc) is 2.78. The van der Waals surface area contributed by atoms with Crippen molar-refractivity contribution < 1.29 is 22.8 Å². The van der Waals surface area contributed by atoms with Gasteiger partial charge in [-0.2, -0.15) is 13.2 Å². The molecule has 0 bridgehead atoms. The Balaban J connectivity index is 1.57. The van der Waals surface area contributed by atoms with Gasteiger partial charge in [0.25, 0.3) is 5.91 Å². The fraction of sp³-hybridized carbons (Fsp3) is 0.391. The Labute approximate surface area is 185 Å². The highest BCUT2D eigenvalue weighted by Gasteiger charge is 2.30. The molecule has 172 valence electrons. The second kappa shape index (κ2) is 10.6. The van der Waals surface area contributed by atoms with E-state index < -0.39 is 17.6 Å². The van der Waals surface area contributed by atoms with E-state index in [2.05, 4.69) is 27.5 Å². The van der Waals surface area contributed by atoms with Crippen LogP contribution in [0.3, 0.4) is 0 Å². The molecular formula is C23H27F3N4O2. The number of hydrogen-bond donors (Lipinski definition) is 2. The third-order valence-electron chi connectivity index (χ3n) is 5.46. The molecule has 32 heavy (non-hydrogen) atoms. The largest absolute Gasteiger partial charge is 0.416 e. The summed E-state index contributed by atoms with van der Waals surface area (Å²) in [7, 11) is 2.08. The number of likely N-dealkylation sites (N-methyl/N-ethyl adjacent to an activating group) is 1. The van der Waals surface area contributed by atoms with E-state index in [0.29, 0.717) is 6.54 Å². The van der Waals surface area contributed by atoms with Crippen molar-refractivity contribution in [3.8, 4) is 0 Å². The zero-order valence-electron chi connectivity index (χ0n) is 17.9. The van der Waals surface area contributed by atoms with Crippen molar-refractivity contribution in [2.24, 2.45) is 0 Å². The number of halogens is 3. The van der Waals surface area contributed by atoms with E-state index in [0.717, 1.165) is 56.0 Å². The van der Waals surface area contributed by atoms with Gasteiger partial charge in [-0.25, -0.2) is 0 Å². The summed E-state index contributed by atoms with van der Waals surface area (Å²) in [6.45, 7) is 4.10. The van der Waals surface area contributed by atoms with Gasteiger partial charge in [0.2, 0.25) is 5.91 Å². The van der Waals surface area contributed by atoms with Crippen molar-refractivity contribution in [3.63, 3.8) is 0 Å². The molecule has 0 saturated carbocycles. The van der Waals surface area contributed by atoms with Gasteiger partial charge in [0, 0.05) is 38.3 Å². The van der Waals surface area contributed by atoms with Gasteiger partial charge in [-0.05, 0) is 36.9 Å². The molecule has 1 heterocycles. The highest BCUT2D eigenvalue weighted by atomic mass is 19.4.